The van der Waals surface area contributed by atoms with Crippen LogP contribution >= 0.6 is 0 Å². The van der Waals surface area contributed by atoms with E-state index in [0.29, 0.717) is 0 Å². The molecule has 0 fully saturated rings. The molecule has 0 saturated carbocycles. The maximum Gasteiger partial charge on any atom is 0.0726 e. The Hall–Kier alpha value is -6.44. The number of hydrogen-bond acceptors (Lipinski definition) is 1. The minimum atomic E-state index is -0.394. The zero-order chi connectivity index (χ0) is 33.5. The van der Waals surface area contributed by atoms with Crippen molar-refractivity contribution >= 4 is 17.1 Å². The number of benzene rings is 8. The fraction of sp³-hybridized carbons (Fsp3) is 0.0400. The van der Waals surface area contributed by atoms with Gasteiger partial charge in [-0.3, -0.25) is 0 Å². The molecular weight excluding hydrogens is 615 g/mol. The van der Waals surface area contributed by atoms with E-state index in [4.69, 9.17) is 0 Å². The molecule has 0 aliphatic heterocycles. The lowest BCUT2D eigenvalue weighted by molar-refractivity contribution is 0.793. The monoisotopic (exact) mass is 647 g/mol. The van der Waals surface area contributed by atoms with Crippen molar-refractivity contribution in [3.8, 4) is 44.5 Å². The summed E-state index contributed by atoms with van der Waals surface area (Å²) in [7, 11) is 0. The largest absolute Gasteiger partial charge is 0.310 e. The zero-order valence-electron chi connectivity index (χ0n) is 28.1. The maximum absolute atomic E-state index is 2.49. The number of nitrogens with zero attached hydrogens (tertiary/aromatic N) is 1. The SMILES string of the molecule is c1ccc(-c2ccc(N(c3ccc4c(c3)-c3ccccc3C4)c3ccc4c(c3)C3(c5ccccc5-c5ccccc53)c3ccccc3-4)cc2)cc1. The van der Waals surface area contributed by atoms with Crippen LogP contribution in [-0.2, 0) is 11.8 Å². The van der Waals surface area contributed by atoms with Gasteiger partial charge in [0, 0.05) is 17.1 Å². The number of fused-ring (bicyclic) bond motifs is 13. The fourth-order valence-corrected chi connectivity index (χ4v) is 9.35. The van der Waals surface area contributed by atoms with Gasteiger partial charge in [-0.15, -0.1) is 0 Å². The van der Waals surface area contributed by atoms with Gasteiger partial charge in [-0.25, -0.2) is 0 Å². The van der Waals surface area contributed by atoms with Crippen LogP contribution in [0, 0.1) is 0 Å². The van der Waals surface area contributed by atoms with Gasteiger partial charge < -0.3 is 4.90 Å². The molecular formula is C50H33N. The third-order valence-electron chi connectivity index (χ3n) is 11.5. The van der Waals surface area contributed by atoms with Crippen LogP contribution in [-0.4, -0.2) is 0 Å². The molecule has 8 aromatic carbocycles. The second kappa shape index (κ2) is 10.8. The Morgan fingerprint density at radius 3 is 1.45 bits per heavy atom. The van der Waals surface area contributed by atoms with Crippen molar-refractivity contribution in [2.45, 2.75) is 11.8 Å². The highest BCUT2D eigenvalue weighted by atomic mass is 15.1. The smallest absolute Gasteiger partial charge is 0.0726 e. The van der Waals surface area contributed by atoms with Crippen LogP contribution in [0.3, 0.4) is 0 Å². The first-order valence-electron chi connectivity index (χ1n) is 17.9. The molecule has 238 valence electrons. The van der Waals surface area contributed by atoms with Crippen LogP contribution in [0.4, 0.5) is 17.1 Å². The Balaban J connectivity index is 1.15. The molecule has 0 aromatic heterocycles. The van der Waals surface area contributed by atoms with Crippen molar-refractivity contribution in [2.75, 3.05) is 4.90 Å². The molecule has 11 rings (SSSR count). The molecule has 3 aliphatic carbocycles. The Labute approximate surface area is 298 Å². The van der Waals surface area contributed by atoms with Crippen LogP contribution in [0.5, 0.6) is 0 Å². The average Bonchev–Trinajstić information content (AvgIpc) is 3.82. The van der Waals surface area contributed by atoms with Gasteiger partial charge >= 0.3 is 0 Å². The summed E-state index contributed by atoms with van der Waals surface area (Å²) in [6, 6.07) is 70.0. The molecule has 0 atom stereocenters. The highest BCUT2D eigenvalue weighted by molar-refractivity contribution is 5.96. The molecule has 0 heterocycles. The van der Waals surface area contributed by atoms with Gasteiger partial charge in [-0.2, -0.15) is 0 Å². The maximum atomic E-state index is 2.49. The van der Waals surface area contributed by atoms with Gasteiger partial charge in [0.15, 0.2) is 0 Å². The lowest BCUT2D eigenvalue weighted by Crippen LogP contribution is -2.26. The second-order valence-electron chi connectivity index (χ2n) is 14.0. The van der Waals surface area contributed by atoms with E-state index < -0.39 is 5.41 Å². The van der Waals surface area contributed by atoms with E-state index in [9.17, 15) is 0 Å². The molecule has 1 spiro atoms. The number of rotatable bonds is 4. The molecule has 51 heavy (non-hydrogen) atoms. The van der Waals surface area contributed by atoms with Gasteiger partial charge in [-0.05, 0) is 121 Å². The Bertz CT molecular complexity index is 2600. The van der Waals surface area contributed by atoms with Gasteiger partial charge in [-0.1, -0.05) is 152 Å². The van der Waals surface area contributed by atoms with Crippen molar-refractivity contribution < 1.29 is 0 Å². The summed E-state index contributed by atoms with van der Waals surface area (Å²) in [5.74, 6) is 0. The topological polar surface area (TPSA) is 3.24 Å². The molecule has 0 bridgehead atoms. The van der Waals surface area contributed by atoms with Crippen molar-refractivity contribution in [3.63, 3.8) is 0 Å². The molecule has 8 aromatic rings. The van der Waals surface area contributed by atoms with Gasteiger partial charge in [0.25, 0.3) is 0 Å². The van der Waals surface area contributed by atoms with E-state index in [1.54, 1.807) is 0 Å². The predicted octanol–water partition coefficient (Wildman–Crippen LogP) is 12.7. The fourth-order valence-electron chi connectivity index (χ4n) is 9.35. The van der Waals surface area contributed by atoms with E-state index in [1.165, 1.54) is 77.9 Å². The minimum absolute atomic E-state index is 0.394. The summed E-state index contributed by atoms with van der Waals surface area (Å²) < 4.78 is 0. The summed E-state index contributed by atoms with van der Waals surface area (Å²) in [4.78, 5) is 2.46. The van der Waals surface area contributed by atoms with Crippen LogP contribution in [0.15, 0.2) is 188 Å². The molecule has 0 radical (unpaired) electrons. The lowest BCUT2D eigenvalue weighted by Gasteiger charge is -2.32. The molecule has 3 aliphatic rings. The van der Waals surface area contributed by atoms with E-state index >= 15 is 0 Å². The summed E-state index contributed by atoms with van der Waals surface area (Å²) in [6.07, 6.45) is 0.982. The van der Waals surface area contributed by atoms with Gasteiger partial charge in [0.05, 0.1) is 5.41 Å². The van der Waals surface area contributed by atoms with Crippen molar-refractivity contribution in [2.24, 2.45) is 0 Å². The number of anilines is 3. The minimum Gasteiger partial charge on any atom is -0.310 e. The highest BCUT2D eigenvalue weighted by Crippen LogP contribution is 2.63. The van der Waals surface area contributed by atoms with Crippen molar-refractivity contribution in [1.29, 1.82) is 0 Å². The summed E-state index contributed by atoms with van der Waals surface area (Å²) >= 11 is 0. The normalized spacial score (nSPS) is 13.6. The molecule has 0 saturated heterocycles. The van der Waals surface area contributed by atoms with Crippen LogP contribution in [0.1, 0.15) is 33.4 Å². The standard InChI is InChI=1S/C50H33N/c1-2-12-33(13-3-1)34-22-25-37(26-23-34)51(38-27-24-36-30-35-14-4-5-15-40(35)45(36)31-38)39-28-29-44-43-18-8-11-21-48(43)50(49(44)32-39)46-19-9-6-16-41(46)42-17-7-10-20-47(42)50/h1-29,31-32H,30H2. The van der Waals surface area contributed by atoms with Crippen LogP contribution < -0.4 is 4.90 Å². The first-order chi connectivity index (χ1) is 25.3. The second-order valence-corrected chi connectivity index (χ2v) is 14.0. The zero-order valence-corrected chi connectivity index (χ0v) is 28.1. The van der Waals surface area contributed by atoms with E-state index in [2.05, 4.69) is 193 Å². The van der Waals surface area contributed by atoms with E-state index in [1.807, 2.05) is 0 Å². The summed E-state index contributed by atoms with van der Waals surface area (Å²) in [5, 5.41) is 0. The molecule has 1 heteroatoms. The van der Waals surface area contributed by atoms with E-state index in [-0.39, 0.29) is 0 Å². The first-order valence-corrected chi connectivity index (χ1v) is 17.9. The van der Waals surface area contributed by atoms with Crippen molar-refractivity contribution in [1.82, 2.24) is 0 Å². The Morgan fingerprint density at radius 2 is 0.784 bits per heavy atom. The quantitative estimate of drug-likeness (QED) is 0.184. The Kier molecular flexibility index (Phi) is 6.00. The average molecular weight is 648 g/mol. The van der Waals surface area contributed by atoms with Gasteiger partial charge in [0.2, 0.25) is 0 Å². The van der Waals surface area contributed by atoms with Crippen LogP contribution in [0.25, 0.3) is 44.5 Å². The third-order valence-corrected chi connectivity index (χ3v) is 11.5. The van der Waals surface area contributed by atoms with Crippen molar-refractivity contribution in [3.05, 3.63) is 221 Å². The predicted molar refractivity (Wildman–Crippen MR) is 211 cm³/mol. The lowest BCUT2D eigenvalue weighted by atomic mass is 9.70. The number of hydrogen-bond donors (Lipinski definition) is 0. The molecule has 0 amide bonds. The van der Waals surface area contributed by atoms with Crippen LogP contribution in [0.2, 0.25) is 0 Å². The molecule has 1 nitrogen and oxygen atoms in total. The highest BCUT2D eigenvalue weighted by Gasteiger charge is 2.51. The van der Waals surface area contributed by atoms with E-state index in [0.717, 1.165) is 23.5 Å². The summed E-state index contributed by atoms with van der Waals surface area (Å²) in [5.41, 5.74) is 21.7. The van der Waals surface area contributed by atoms with Gasteiger partial charge in [0.1, 0.15) is 0 Å². The first kappa shape index (κ1) is 28.4. The molecule has 0 unspecified atom stereocenters. The summed E-state index contributed by atoms with van der Waals surface area (Å²) in [6.45, 7) is 0. The third kappa shape index (κ3) is 3.98. The Morgan fingerprint density at radius 1 is 0.314 bits per heavy atom. The molecule has 0 N–H and O–H groups in total.